The molecule has 0 fully saturated rings. The minimum Gasteiger partial charge on any atom is -0.356 e. The molecule has 0 heterocycles. The highest BCUT2D eigenvalue weighted by atomic mass is 32.2. The Morgan fingerprint density at radius 3 is 2.32 bits per heavy atom. The van der Waals surface area contributed by atoms with E-state index in [1.807, 2.05) is 19.1 Å². The third kappa shape index (κ3) is 6.05. The van der Waals surface area contributed by atoms with E-state index in [0.717, 1.165) is 31.1 Å². The van der Waals surface area contributed by atoms with Gasteiger partial charge in [0, 0.05) is 19.5 Å². The van der Waals surface area contributed by atoms with Gasteiger partial charge in [-0.25, -0.2) is 8.42 Å². The van der Waals surface area contributed by atoms with E-state index in [0.29, 0.717) is 12.2 Å². The summed E-state index contributed by atoms with van der Waals surface area (Å²) < 4.78 is 25.2. The van der Waals surface area contributed by atoms with Crippen LogP contribution in [-0.2, 0) is 21.2 Å². The summed E-state index contributed by atoms with van der Waals surface area (Å²) in [5.74, 6) is -0.118. The van der Waals surface area contributed by atoms with Crippen molar-refractivity contribution in [3.8, 4) is 0 Å². The second kappa shape index (κ2) is 8.78. The molecule has 1 N–H and O–H groups in total. The summed E-state index contributed by atoms with van der Waals surface area (Å²) in [5, 5.41) is 2.80. The molecule has 0 aromatic heterocycles. The van der Waals surface area contributed by atoms with Crippen LogP contribution in [0.5, 0.6) is 0 Å². The highest BCUT2D eigenvalue weighted by Gasteiger charge is 2.18. The molecule has 6 heteroatoms. The van der Waals surface area contributed by atoms with Gasteiger partial charge in [-0.2, -0.15) is 0 Å². The monoisotopic (exact) mass is 326 g/mol. The normalized spacial score (nSPS) is 11.2. The fourth-order valence-electron chi connectivity index (χ4n) is 2.08. The lowest BCUT2D eigenvalue weighted by molar-refractivity contribution is -0.120. The van der Waals surface area contributed by atoms with Crippen molar-refractivity contribution < 1.29 is 13.2 Å². The lowest BCUT2D eigenvalue weighted by Crippen LogP contribution is -2.34. The van der Waals surface area contributed by atoms with Crippen LogP contribution in [0.15, 0.2) is 24.3 Å². The molecule has 0 aliphatic carbocycles. The van der Waals surface area contributed by atoms with Gasteiger partial charge < -0.3 is 5.32 Å². The van der Waals surface area contributed by atoms with Gasteiger partial charge >= 0.3 is 0 Å². The van der Waals surface area contributed by atoms with E-state index in [1.54, 1.807) is 12.1 Å². The predicted molar refractivity (Wildman–Crippen MR) is 90.5 cm³/mol. The summed E-state index contributed by atoms with van der Waals surface area (Å²) in [7, 11) is -3.41. The van der Waals surface area contributed by atoms with Gasteiger partial charge in [0.2, 0.25) is 15.9 Å². The number of hydrogen-bond donors (Lipinski definition) is 1. The van der Waals surface area contributed by atoms with Gasteiger partial charge in [0.05, 0.1) is 11.9 Å². The Balaban J connectivity index is 2.71. The third-order valence-electron chi connectivity index (χ3n) is 3.43. The molecule has 0 bridgehead atoms. The Morgan fingerprint density at radius 1 is 1.18 bits per heavy atom. The summed E-state index contributed by atoms with van der Waals surface area (Å²) in [4.78, 5) is 11.7. The Bertz CT molecular complexity index is 568. The Hall–Kier alpha value is -1.56. The fourth-order valence-corrected chi connectivity index (χ4v) is 3.01. The van der Waals surface area contributed by atoms with Crippen LogP contribution in [0.1, 0.15) is 38.7 Å². The summed E-state index contributed by atoms with van der Waals surface area (Å²) in [6, 6.07) is 7.40. The molecule has 124 valence electrons. The zero-order chi connectivity index (χ0) is 16.6. The molecular weight excluding hydrogens is 300 g/mol. The topological polar surface area (TPSA) is 66.5 Å². The molecule has 0 radical (unpaired) electrons. The molecule has 0 aliphatic rings. The number of unbranched alkanes of at least 4 members (excludes halogenated alkanes) is 1. The van der Waals surface area contributed by atoms with Gasteiger partial charge in [0.15, 0.2) is 0 Å². The first kappa shape index (κ1) is 18.5. The summed E-state index contributed by atoms with van der Waals surface area (Å²) in [6.07, 6.45) is 4.17. The number of benzene rings is 1. The number of aryl methyl sites for hydroxylation is 1. The second-order valence-electron chi connectivity index (χ2n) is 5.31. The Kier molecular flexibility index (Phi) is 7.38. The van der Waals surface area contributed by atoms with E-state index >= 15 is 0 Å². The largest absolute Gasteiger partial charge is 0.356 e. The quantitative estimate of drug-likeness (QED) is 0.708. The maximum Gasteiger partial charge on any atom is 0.232 e. The van der Waals surface area contributed by atoms with Crippen LogP contribution < -0.4 is 9.62 Å². The minimum atomic E-state index is -3.41. The number of amides is 1. The molecule has 1 aromatic rings. The fraction of sp³-hybridized carbons (Fsp3) is 0.562. The molecule has 0 spiro atoms. The van der Waals surface area contributed by atoms with Crippen molar-refractivity contribution in [2.75, 3.05) is 23.7 Å². The summed E-state index contributed by atoms with van der Waals surface area (Å²) in [5.41, 5.74) is 1.75. The van der Waals surface area contributed by atoms with Crippen molar-refractivity contribution in [2.24, 2.45) is 0 Å². The number of carbonyl (C=O) groups is 1. The van der Waals surface area contributed by atoms with Crippen LogP contribution in [-0.4, -0.2) is 33.7 Å². The van der Waals surface area contributed by atoms with Gasteiger partial charge in [-0.3, -0.25) is 9.10 Å². The SMILES string of the molecule is CCCCNC(=O)CCN(c1ccc(CC)cc1)S(C)(=O)=O. The van der Waals surface area contributed by atoms with Gasteiger partial charge in [-0.1, -0.05) is 32.4 Å². The molecule has 5 nitrogen and oxygen atoms in total. The number of sulfonamides is 1. The number of rotatable bonds is 9. The molecule has 1 amide bonds. The van der Waals surface area contributed by atoms with Gasteiger partial charge in [-0.15, -0.1) is 0 Å². The highest BCUT2D eigenvalue weighted by molar-refractivity contribution is 7.92. The lowest BCUT2D eigenvalue weighted by atomic mass is 10.1. The van der Waals surface area contributed by atoms with Crippen molar-refractivity contribution in [1.29, 1.82) is 0 Å². The zero-order valence-corrected chi connectivity index (χ0v) is 14.4. The molecule has 0 unspecified atom stereocenters. The maximum absolute atomic E-state index is 12.0. The van der Waals surface area contributed by atoms with Crippen LogP contribution in [0.25, 0.3) is 0 Å². The molecule has 0 aliphatic heterocycles. The third-order valence-corrected chi connectivity index (χ3v) is 4.62. The van der Waals surface area contributed by atoms with E-state index in [9.17, 15) is 13.2 Å². The van der Waals surface area contributed by atoms with Crippen LogP contribution in [0.4, 0.5) is 5.69 Å². The first-order valence-electron chi connectivity index (χ1n) is 7.71. The number of carbonyl (C=O) groups excluding carboxylic acids is 1. The van der Waals surface area contributed by atoms with Crippen molar-refractivity contribution in [3.63, 3.8) is 0 Å². The van der Waals surface area contributed by atoms with E-state index in [2.05, 4.69) is 12.2 Å². The minimum absolute atomic E-state index is 0.118. The highest BCUT2D eigenvalue weighted by Crippen LogP contribution is 2.19. The van der Waals surface area contributed by atoms with Crippen LogP contribution in [0.3, 0.4) is 0 Å². The number of anilines is 1. The van der Waals surface area contributed by atoms with E-state index < -0.39 is 10.0 Å². The van der Waals surface area contributed by atoms with E-state index in [4.69, 9.17) is 0 Å². The van der Waals surface area contributed by atoms with Crippen LogP contribution in [0.2, 0.25) is 0 Å². The van der Waals surface area contributed by atoms with E-state index in [1.165, 1.54) is 4.31 Å². The first-order valence-corrected chi connectivity index (χ1v) is 9.56. The molecular formula is C16H26N2O3S. The number of nitrogens with zero attached hydrogens (tertiary/aromatic N) is 1. The summed E-state index contributed by atoms with van der Waals surface area (Å²) in [6.45, 7) is 4.89. The zero-order valence-electron chi connectivity index (χ0n) is 13.6. The maximum atomic E-state index is 12.0. The van der Waals surface area contributed by atoms with Crippen molar-refractivity contribution >= 4 is 21.6 Å². The van der Waals surface area contributed by atoms with Crippen molar-refractivity contribution in [2.45, 2.75) is 39.5 Å². The molecule has 0 saturated carbocycles. The van der Waals surface area contributed by atoms with Crippen LogP contribution in [0, 0.1) is 0 Å². The molecule has 22 heavy (non-hydrogen) atoms. The average molecular weight is 326 g/mol. The lowest BCUT2D eigenvalue weighted by Gasteiger charge is -2.22. The van der Waals surface area contributed by atoms with Crippen molar-refractivity contribution in [3.05, 3.63) is 29.8 Å². The predicted octanol–water partition coefficient (Wildman–Crippen LogP) is 2.32. The van der Waals surface area contributed by atoms with Gasteiger partial charge in [-0.05, 0) is 30.5 Å². The second-order valence-corrected chi connectivity index (χ2v) is 7.22. The molecule has 1 aromatic carbocycles. The van der Waals surface area contributed by atoms with Crippen molar-refractivity contribution in [1.82, 2.24) is 5.32 Å². The Labute approximate surface area is 133 Å². The smallest absolute Gasteiger partial charge is 0.232 e. The molecule has 1 rings (SSSR count). The first-order chi connectivity index (χ1) is 10.4. The Morgan fingerprint density at radius 2 is 1.82 bits per heavy atom. The number of nitrogens with one attached hydrogen (secondary N) is 1. The number of hydrogen-bond acceptors (Lipinski definition) is 3. The average Bonchev–Trinajstić information content (AvgIpc) is 2.47. The van der Waals surface area contributed by atoms with Gasteiger partial charge in [0.25, 0.3) is 0 Å². The van der Waals surface area contributed by atoms with E-state index in [-0.39, 0.29) is 18.9 Å². The summed E-state index contributed by atoms with van der Waals surface area (Å²) >= 11 is 0. The molecule has 0 saturated heterocycles. The molecule has 0 atom stereocenters. The van der Waals surface area contributed by atoms with Gasteiger partial charge in [0.1, 0.15) is 0 Å². The standard InChI is InChI=1S/C16H26N2O3S/c1-4-6-12-17-16(19)11-13-18(22(3,20)21)15-9-7-14(5-2)8-10-15/h7-10H,4-6,11-13H2,1-3H3,(H,17,19). The van der Waals surface area contributed by atoms with Crippen LogP contribution >= 0.6 is 0 Å².